The second-order valence-corrected chi connectivity index (χ2v) is 4.17. The van der Waals surface area contributed by atoms with Gasteiger partial charge in [-0.25, -0.2) is 13.2 Å². The lowest BCUT2D eigenvalue weighted by Crippen LogP contribution is -2.41. The summed E-state index contributed by atoms with van der Waals surface area (Å²) in [5.41, 5.74) is -0.700. The smallest absolute Gasteiger partial charge is 0.323 e. The molecule has 0 heterocycles. The highest BCUT2D eigenvalue weighted by molar-refractivity contribution is 5.96. The predicted octanol–water partition coefficient (Wildman–Crippen LogP) is 2.04. The fourth-order valence-corrected chi connectivity index (χ4v) is 1.48. The van der Waals surface area contributed by atoms with Gasteiger partial charge >= 0.3 is 5.97 Å². The SMILES string of the molecule is CC(C)N(CC(=O)O)C(=O)c1cc(F)c(F)cc1F. The molecule has 4 nitrogen and oxygen atoms in total. The highest BCUT2D eigenvalue weighted by atomic mass is 19.2. The molecule has 0 radical (unpaired) electrons. The van der Waals surface area contributed by atoms with E-state index >= 15 is 0 Å². The van der Waals surface area contributed by atoms with E-state index in [1.807, 2.05) is 0 Å². The summed E-state index contributed by atoms with van der Waals surface area (Å²) < 4.78 is 39.2. The van der Waals surface area contributed by atoms with Gasteiger partial charge in [-0.2, -0.15) is 0 Å². The van der Waals surface area contributed by atoms with Crippen molar-refractivity contribution in [3.63, 3.8) is 0 Å². The zero-order valence-corrected chi connectivity index (χ0v) is 10.3. The molecule has 1 N–H and O–H groups in total. The summed E-state index contributed by atoms with van der Waals surface area (Å²) in [5.74, 6) is -6.31. The van der Waals surface area contributed by atoms with E-state index in [1.165, 1.54) is 13.8 Å². The Hall–Kier alpha value is -2.05. The topological polar surface area (TPSA) is 57.6 Å². The Morgan fingerprint density at radius 3 is 2.16 bits per heavy atom. The summed E-state index contributed by atoms with van der Waals surface area (Å²) in [6.45, 7) is 2.40. The number of carboxylic acids is 1. The van der Waals surface area contributed by atoms with E-state index in [-0.39, 0.29) is 6.07 Å². The van der Waals surface area contributed by atoms with Gasteiger partial charge in [0.2, 0.25) is 0 Å². The van der Waals surface area contributed by atoms with Crippen LogP contribution in [0.15, 0.2) is 12.1 Å². The first-order valence-corrected chi connectivity index (χ1v) is 5.41. The molecule has 104 valence electrons. The van der Waals surface area contributed by atoms with Crippen LogP contribution in [0.4, 0.5) is 13.2 Å². The third-order valence-electron chi connectivity index (χ3n) is 2.43. The number of carbonyl (C=O) groups excluding carboxylic acids is 1. The predicted molar refractivity (Wildman–Crippen MR) is 60.1 cm³/mol. The maximum Gasteiger partial charge on any atom is 0.323 e. The number of rotatable bonds is 4. The number of benzene rings is 1. The number of amides is 1. The largest absolute Gasteiger partial charge is 0.480 e. The van der Waals surface area contributed by atoms with Crippen LogP contribution in [0.2, 0.25) is 0 Å². The molecule has 0 saturated heterocycles. The fraction of sp³-hybridized carbons (Fsp3) is 0.333. The molecule has 19 heavy (non-hydrogen) atoms. The summed E-state index contributed by atoms with van der Waals surface area (Å²) >= 11 is 0. The molecule has 7 heteroatoms. The highest BCUT2D eigenvalue weighted by Crippen LogP contribution is 2.17. The monoisotopic (exact) mass is 275 g/mol. The molecule has 1 amide bonds. The standard InChI is InChI=1S/C12H12F3NO3/c1-6(2)16(5-11(17)18)12(19)7-3-9(14)10(15)4-8(7)13/h3-4,6H,5H2,1-2H3,(H,17,18). The minimum Gasteiger partial charge on any atom is -0.480 e. The zero-order valence-electron chi connectivity index (χ0n) is 10.3. The molecule has 0 saturated carbocycles. The lowest BCUT2D eigenvalue weighted by Gasteiger charge is -2.25. The van der Waals surface area contributed by atoms with Crippen molar-refractivity contribution in [2.24, 2.45) is 0 Å². The van der Waals surface area contributed by atoms with Crippen molar-refractivity contribution in [3.05, 3.63) is 35.1 Å². The van der Waals surface area contributed by atoms with E-state index in [9.17, 15) is 22.8 Å². The van der Waals surface area contributed by atoms with Crippen LogP contribution in [0.1, 0.15) is 24.2 Å². The number of nitrogens with zero attached hydrogens (tertiary/aromatic N) is 1. The molecule has 0 aromatic heterocycles. The first kappa shape index (κ1) is 15.0. The van der Waals surface area contributed by atoms with Crippen LogP contribution >= 0.6 is 0 Å². The number of halogens is 3. The van der Waals surface area contributed by atoms with Crippen molar-refractivity contribution in [3.8, 4) is 0 Å². The van der Waals surface area contributed by atoms with Gasteiger partial charge < -0.3 is 10.0 Å². The van der Waals surface area contributed by atoms with Crippen LogP contribution in [0.3, 0.4) is 0 Å². The molecule has 1 aromatic rings. The first-order chi connectivity index (χ1) is 8.73. The molecule has 1 rings (SSSR count). The minimum absolute atomic E-state index is 0.252. The maximum absolute atomic E-state index is 13.4. The second-order valence-electron chi connectivity index (χ2n) is 4.17. The summed E-state index contributed by atoms with van der Waals surface area (Å²) in [7, 11) is 0. The van der Waals surface area contributed by atoms with Crippen LogP contribution in [0.5, 0.6) is 0 Å². The average Bonchev–Trinajstić information content (AvgIpc) is 2.29. The van der Waals surface area contributed by atoms with Crippen LogP contribution in [-0.2, 0) is 4.79 Å². The molecule has 0 bridgehead atoms. The molecule has 0 fully saturated rings. The first-order valence-electron chi connectivity index (χ1n) is 5.41. The number of hydrogen-bond donors (Lipinski definition) is 1. The van der Waals surface area contributed by atoms with Gasteiger partial charge in [0.15, 0.2) is 11.6 Å². The van der Waals surface area contributed by atoms with Crippen LogP contribution < -0.4 is 0 Å². The van der Waals surface area contributed by atoms with Crippen molar-refractivity contribution in [2.75, 3.05) is 6.54 Å². The van der Waals surface area contributed by atoms with Gasteiger partial charge in [-0.3, -0.25) is 9.59 Å². The molecule has 0 aliphatic heterocycles. The van der Waals surface area contributed by atoms with Gasteiger partial charge in [0.05, 0.1) is 5.56 Å². The molecular formula is C12H12F3NO3. The normalized spacial score (nSPS) is 10.6. The van der Waals surface area contributed by atoms with E-state index in [4.69, 9.17) is 5.11 Å². The Balaban J connectivity index is 3.16. The van der Waals surface area contributed by atoms with Gasteiger partial charge in [0, 0.05) is 12.1 Å². The maximum atomic E-state index is 13.4. The Labute approximate surface area is 107 Å². The van der Waals surface area contributed by atoms with Crippen LogP contribution in [-0.4, -0.2) is 34.5 Å². The van der Waals surface area contributed by atoms with Crippen molar-refractivity contribution in [2.45, 2.75) is 19.9 Å². The lowest BCUT2D eigenvalue weighted by atomic mass is 10.1. The summed E-state index contributed by atoms with van der Waals surface area (Å²) in [4.78, 5) is 23.4. The van der Waals surface area contributed by atoms with E-state index in [2.05, 4.69) is 0 Å². The van der Waals surface area contributed by atoms with Gasteiger partial charge in [0.1, 0.15) is 12.4 Å². The van der Waals surface area contributed by atoms with Crippen molar-refractivity contribution in [1.82, 2.24) is 4.90 Å². The van der Waals surface area contributed by atoms with E-state index in [1.54, 1.807) is 0 Å². The molecule has 0 spiro atoms. The van der Waals surface area contributed by atoms with Crippen LogP contribution in [0, 0.1) is 17.5 Å². The minimum atomic E-state index is -1.41. The number of carboxylic acid groups (broad SMARTS) is 1. The van der Waals surface area contributed by atoms with E-state index in [0.29, 0.717) is 6.07 Å². The second kappa shape index (κ2) is 5.73. The van der Waals surface area contributed by atoms with Crippen molar-refractivity contribution in [1.29, 1.82) is 0 Å². The number of carbonyl (C=O) groups is 2. The number of aliphatic carboxylic acids is 1. The number of hydrogen-bond acceptors (Lipinski definition) is 2. The molecule has 1 aromatic carbocycles. The average molecular weight is 275 g/mol. The molecular weight excluding hydrogens is 263 g/mol. The molecule has 0 aliphatic rings. The van der Waals surface area contributed by atoms with Crippen LogP contribution in [0.25, 0.3) is 0 Å². The third-order valence-corrected chi connectivity index (χ3v) is 2.43. The molecule has 0 aliphatic carbocycles. The summed E-state index contributed by atoms with van der Waals surface area (Å²) in [6.07, 6.45) is 0. The quantitative estimate of drug-likeness (QED) is 0.855. The molecule has 0 unspecified atom stereocenters. The summed E-state index contributed by atoms with van der Waals surface area (Å²) in [5, 5.41) is 8.67. The third kappa shape index (κ3) is 3.46. The Kier molecular flexibility index (Phi) is 4.52. The summed E-state index contributed by atoms with van der Waals surface area (Å²) in [6, 6.07) is 0.141. The van der Waals surface area contributed by atoms with Crippen molar-refractivity contribution < 1.29 is 27.9 Å². The molecule has 0 atom stereocenters. The highest BCUT2D eigenvalue weighted by Gasteiger charge is 2.25. The Morgan fingerprint density at radius 1 is 1.16 bits per heavy atom. The fourth-order valence-electron chi connectivity index (χ4n) is 1.48. The Morgan fingerprint density at radius 2 is 1.68 bits per heavy atom. The van der Waals surface area contributed by atoms with Crippen molar-refractivity contribution >= 4 is 11.9 Å². The Bertz CT molecular complexity index is 517. The van der Waals surface area contributed by atoms with E-state index < -0.39 is 47.5 Å². The van der Waals surface area contributed by atoms with Gasteiger partial charge in [-0.15, -0.1) is 0 Å². The van der Waals surface area contributed by atoms with E-state index in [0.717, 1.165) is 4.90 Å². The zero-order chi connectivity index (χ0) is 14.7. The van der Waals surface area contributed by atoms with Gasteiger partial charge in [0.25, 0.3) is 5.91 Å². The van der Waals surface area contributed by atoms with Gasteiger partial charge in [-0.1, -0.05) is 0 Å². The van der Waals surface area contributed by atoms with Gasteiger partial charge in [-0.05, 0) is 19.9 Å². The lowest BCUT2D eigenvalue weighted by molar-refractivity contribution is -0.138.